The van der Waals surface area contributed by atoms with Crippen LogP contribution in [0.4, 0.5) is 5.69 Å². The monoisotopic (exact) mass is 321 g/mol. The number of anilines is 1. The number of sulfone groups is 1. The van der Waals surface area contributed by atoms with Crippen LogP contribution in [0, 0.1) is 0 Å². The zero-order valence-electron chi connectivity index (χ0n) is 11.4. The van der Waals surface area contributed by atoms with Crippen LogP contribution in [-0.4, -0.2) is 20.6 Å². The number of amides is 1. The summed E-state index contributed by atoms with van der Waals surface area (Å²) in [5, 5.41) is 2.73. The van der Waals surface area contributed by atoms with Crippen molar-refractivity contribution in [2.45, 2.75) is 16.2 Å². The molecule has 6 heteroatoms. The van der Waals surface area contributed by atoms with Crippen molar-refractivity contribution < 1.29 is 13.2 Å². The highest BCUT2D eigenvalue weighted by Gasteiger charge is 2.08. The van der Waals surface area contributed by atoms with Crippen LogP contribution in [-0.2, 0) is 21.1 Å². The second-order valence-corrected chi connectivity index (χ2v) is 7.22. The van der Waals surface area contributed by atoms with E-state index in [2.05, 4.69) is 17.9 Å². The molecule has 1 N–H and O–H groups in total. The fraction of sp³-hybridized carbons (Fsp3) is 0.133. The summed E-state index contributed by atoms with van der Waals surface area (Å²) < 4.78 is 22.7. The molecule has 0 saturated heterocycles. The molecular weight excluding hydrogens is 306 g/mol. The minimum absolute atomic E-state index is 0.158. The third-order valence-corrected chi connectivity index (χ3v) is 4.29. The van der Waals surface area contributed by atoms with E-state index < -0.39 is 9.84 Å². The standard InChI is InChI=1S/C15H15NO3S2/c1-21(18,19)14-8-4-12(5-9-14)16-15(17)10-11-2-6-13(20)7-3-11/h2-9,20H,10H2,1H3,(H,16,17). The first-order chi connectivity index (χ1) is 9.84. The van der Waals surface area contributed by atoms with E-state index in [1.165, 1.54) is 12.1 Å². The highest BCUT2D eigenvalue weighted by Crippen LogP contribution is 2.14. The van der Waals surface area contributed by atoms with Crippen LogP contribution in [0.15, 0.2) is 58.3 Å². The van der Waals surface area contributed by atoms with E-state index in [0.717, 1.165) is 16.7 Å². The average Bonchev–Trinajstić information content (AvgIpc) is 2.41. The molecule has 1 amide bonds. The summed E-state index contributed by atoms with van der Waals surface area (Å²) in [6.45, 7) is 0. The maximum absolute atomic E-state index is 11.9. The molecule has 0 saturated carbocycles. The number of hydrogen-bond acceptors (Lipinski definition) is 4. The van der Waals surface area contributed by atoms with Crippen LogP contribution >= 0.6 is 12.6 Å². The Balaban J connectivity index is 2.01. The Kier molecular flexibility index (Phi) is 4.69. The van der Waals surface area contributed by atoms with Gasteiger partial charge in [-0.15, -0.1) is 12.6 Å². The molecule has 0 unspecified atom stereocenters. The summed E-state index contributed by atoms with van der Waals surface area (Å²) in [6.07, 6.45) is 1.40. The van der Waals surface area contributed by atoms with Crippen LogP contribution < -0.4 is 5.32 Å². The van der Waals surface area contributed by atoms with Gasteiger partial charge in [-0.2, -0.15) is 0 Å². The zero-order chi connectivity index (χ0) is 15.5. The third-order valence-electron chi connectivity index (χ3n) is 2.87. The molecule has 4 nitrogen and oxygen atoms in total. The molecular formula is C15H15NO3S2. The highest BCUT2D eigenvalue weighted by molar-refractivity contribution is 7.90. The highest BCUT2D eigenvalue weighted by atomic mass is 32.2. The van der Waals surface area contributed by atoms with Gasteiger partial charge >= 0.3 is 0 Å². The van der Waals surface area contributed by atoms with Crippen molar-refractivity contribution in [1.29, 1.82) is 0 Å². The van der Waals surface area contributed by atoms with Crippen LogP contribution in [0.5, 0.6) is 0 Å². The van der Waals surface area contributed by atoms with Crippen molar-refractivity contribution in [2.24, 2.45) is 0 Å². The molecule has 2 rings (SSSR count). The van der Waals surface area contributed by atoms with E-state index in [4.69, 9.17) is 0 Å². The Morgan fingerprint density at radius 1 is 1.05 bits per heavy atom. The van der Waals surface area contributed by atoms with E-state index in [9.17, 15) is 13.2 Å². The maximum Gasteiger partial charge on any atom is 0.228 e. The van der Waals surface area contributed by atoms with Gasteiger partial charge in [-0.25, -0.2) is 8.42 Å². The van der Waals surface area contributed by atoms with Crippen molar-refractivity contribution >= 4 is 34.1 Å². The van der Waals surface area contributed by atoms with Gasteiger partial charge in [-0.05, 0) is 42.0 Å². The molecule has 0 radical (unpaired) electrons. The molecule has 0 heterocycles. The number of carbonyl (C=O) groups excluding carboxylic acids is 1. The van der Waals surface area contributed by atoms with E-state index >= 15 is 0 Å². The lowest BCUT2D eigenvalue weighted by Crippen LogP contribution is -2.14. The van der Waals surface area contributed by atoms with E-state index in [1.807, 2.05) is 24.3 Å². The van der Waals surface area contributed by atoms with Gasteiger partial charge in [0.1, 0.15) is 0 Å². The number of hydrogen-bond donors (Lipinski definition) is 2. The molecule has 0 aliphatic rings. The Labute approximate surface area is 129 Å². The molecule has 0 spiro atoms. The molecule has 0 aliphatic carbocycles. The second kappa shape index (κ2) is 6.32. The van der Waals surface area contributed by atoms with Crippen molar-refractivity contribution in [3.05, 3.63) is 54.1 Å². The topological polar surface area (TPSA) is 63.2 Å². The average molecular weight is 321 g/mol. The fourth-order valence-corrected chi connectivity index (χ4v) is 2.57. The summed E-state index contributed by atoms with van der Waals surface area (Å²) >= 11 is 4.19. The number of benzene rings is 2. The normalized spacial score (nSPS) is 11.1. The lowest BCUT2D eigenvalue weighted by atomic mass is 10.1. The molecule has 0 aromatic heterocycles. The van der Waals surface area contributed by atoms with E-state index in [-0.39, 0.29) is 17.2 Å². The summed E-state index contributed by atoms with van der Waals surface area (Å²) in [6, 6.07) is 13.4. The number of nitrogens with one attached hydrogen (secondary N) is 1. The van der Waals surface area contributed by atoms with Gasteiger partial charge in [-0.1, -0.05) is 12.1 Å². The molecule has 0 fully saturated rings. The molecule has 110 valence electrons. The van der Waals surface area contributed by atoms with Crippen molar-refractivity contribution in [3.8, 4) is 0 Å². The molecule has 0 bridgehead atoms. The summed E-state index contributed by atoms with van der Waals surface area (Å²) in [7, 11) is -3.22. The number of thiol groups is 1. The first-order valence-electron chi connectivity index (χ1n) is 6.22. The first-order valence-corrected chi connectivity index (χ1v) is 8.56. The van der Waals surface area contributed by atoms with Crippen LogP contribution in [0.25, 0.3) is 0 Å². The Morgan fingerprint density at radius 2 is 1.62 bits per heavy atom. The maximum atomic E-state index is 11.9. The van der Waals surface area contributed by atoms with Gasteiger partial charge in [0.25, 0.3) is 0 Å². The van der Waals surface area contributed by atoms with Crippen LogP contribution in [0.3, 0.4) is 0 Å². The Hall–Kier alpha value is -1.79. The lowest BCUT2D eigenvalue weighted by Gasteiger charge is -2.06. The summed E-state index contributed by atoms with van der Waals surface area (Å²) in [5.74, 6) is -0.158. The largest absolute Gasteiger partial charge is 0.326 e. The number of rotatable bonds is 4. The minimum Gasteiger partial charge on any atom is -0.326 e. The van der Waals surface area contributed by atoms with Gasteiger partial charge < -0.3 is 5.32 Å². The van der Waals surface area contributed by atoms with Gasteiger partial charge in [-0.3, -0.25) is 4.79 Å². The quantitative estimate of drug-likeness (QED) is 0.851. The molecule has 0 atom stereocenters. The SMILES string of the molecule is CS(=O)(=O)c1ccc(NC(=O)Cc2ccc(S)cc2)cc1. The van der Waals surface area contributed by atoms with Gasteiger partial charge in [0.05, 0.1) is 11.3 Å². The second-order valence-electron chi connectivity index (χ2n) is 4.69. The lowest BCUT2D eigenvalue weighted by molar-refractivity contribution is -0.115. The van der Waals surface area contributed by atoms with Crippen molar-refractivity contribution in [1.82, 2.24) is 0 Å². The van der Waals surface area contributed by atoms with Crippen molar-refractivity contribution in [3.63, 3.8) is 0 Å². The molecule has 21 heavy (non-hydrogen) atoms. The fourth-order valence-electron chi connectivity index (χ4n) is 1.79. The third kappa shape index (κ3) is 4.61. The van der Waals surface area contributed by atoms with Crippen molar-refractivity contribution in [2.75, 3.05) is 11.6 Å². The molecule has 2 aromatic rings. The summed E-state index contributed by atoms with van der Waals surface area (Å²) in [5.41, 5.74) is 1.45. The van der Waals surface area contributed by atoms with E-state index in [1.54, 1.807) is 12.1 Å². The molecule has 2 aromatic carbocycles. The Bertz CT molecular complexity index is 735. The van der Waals surface area contributed by atoms with Gasteiger partial charge in [0, 0.05) is 16.8 Å². The van der Waals surface area contributed by atoms with Crippen LogP contribution in [0.2, 0.25) is 0 Å². The van der Waals surface area contributed by atoms with Gasteiger partial charge in [0.2, 0.25) is 5.91 Å². The van der Waals surface area contributed by atoms with Crippen LogP contribution in [0.1, 0.15) is 5.56 Å². The zero-order valence-corrected chi connectivity index (χ0v) is 13.1. The smallest absolute Gasteiger partial charge is 0.228 e. The predicted octanol–water partition coefficient (Wildman–Crippen LogP) is 2.56. The number of carbonyl (C=O) groups is 1. The van der Waals surface area contributed by atoms with E-state index in [0.29, 0.717) is 5.69 Å². The predicted molar refractivity (Wildman–Crippen MR) is 85.6 cm³/mol. The minimum atomic E-state index is -3.22. The van der Waals surface area contributed by atoms with Gasteiger partial charge in [0.15, 0.2) is 9.84 Å². The Morgan fingerprint density at radius 3 is 2.14 bits per heavy atom. The summed E-state index contributed by atoms with van der Waals surface area (Å²) in [4.78, 5) is 13.0. The first kappa shape index (κ1) is 15.6. The molecule has 0 aliphatic heterocycles.